The van der Waals surface area contributed by atoms with Gasteiger partial charge < -0.3 is 18.9 Å². The molecule has 0 unspecified atom stereocenters. The zero-order valence-corrected chi connectivity index (χ0v) is 20.7. The molecule has 188 valence electrons. The predicted octanol–water partition coefficient (Wildman–Crippen LogP) is 5.53. The van der Waals surface area contributed by atoms with Crippen molar-refractivity contribution in [3.63, 3.8) is 0 Å². The van der Waals surface area contributed by atoms with E-state index in [-0.39, 0.29) is 6.61 Å². The summed E-state index contributed by atoms with van der Waals surface area (Å²) in [6, 6.07) is 18.9. The summed E-state index contributed by atoms with van der Waals surface area (Å²) >= 11 is 0. The monoisotopic (exact) mass is 490 g/mol. The maximum absolute atomic E-state index is 12.1. The minimum absolute atomic E-state index is 0.248. The lowest BCUT2D eigenvalue weighted by atomic mass is 10.1. The number of carbonyl (C=O) groups is 3. The summed E-state index contributed by atoms with van der Waals surface area (Å²) in [5.41, 5.74) is 3.35. The SMILES string of the molecule is C=CC(=O)OCCCOc1ccc(C(=O)Oc2ccc(C=O)cc2)cc1.COc1ccc(C)cc1C. The number of carbonyl (C=O) groups excluding carboxylic acids is 3. The first-order valence-corrected chi connectivity index (χ1v) is 11.3. The molecule has 0 spiro atoms. The number of hydrogen-bond donors (Lipinski definition) is 0. The minimum Gasteiger partial charge on any atom is -0.496 e. The van der Waals surface area contributed by atoms with E-state index in [4.69, 9.17) is 18.9 Å². The van der Waals surface area contributed by atoms with Crippen molar-refractivity contribution >= 4 is 18.2 Å². The third kappa shape index (κ3) is 9.46. The fraction of sp³-hybridized carbons (Fsp3) is 0.207. The highest BCUT2D eigenvalue weighted by Gasteiger charge is 2.09. The van der Waals surface area contributed by atoms with E-state index in [0.29, 0.717) is 41.9 Å². The van der Waals surface area contributed by atoms with Gasteiger partial charge in [0.05, 0.1) is 25.9 Å². The van der Waals surface area contributed by atoms with Gasteiger partial charge in [-0.3, -0.25) is 4.79 Å². The normalized spacial score (nSPS) is 9.75. The van der Waals surface area contributed by atoms with Crippen LogP contribution in [0.25, 0.3) is 0 Å². The topological polar surface area (TPSA) is 88.1 Å². The molecular weight excluding hydrogens is 460 g/mol. The summed E-state index contributed by atoms with van der Waals surface area (Å²) < 4.78 is 20.7. The number of ether oxygens (including phenoxy) is 4. The van der Waals surface area contributed by atoms with Crippen LogP contribution >= 0.6 is 0 Å². The standard InChI is InChI=1S/C20H18O6.C9H12O/c1-2-19(22)25-13-3-12-24-17-10-6-16(7-11-17)20(23)26-18-8-4-15(14-21)5-9-18;1-7-4-5-9(10-3)8(2)6-7/h2,4-11,14H,1,3,12-13H2;4-6H,1-3H3. The van der Waals surface area contributed by atoms with Gasteiger partial charge in [0.1, 0.15) is 23.5 Å². The van der Waals surface area contributed by atoms with Gasteiger partial charge in [-0.25, -0.2) is 9.59 Å². The van der Waals surface area contributed by atoms with E-state index in [2.05, 4.69) is 19.6 Å². The Morgan fingerprint density at radius 3 is 2.14 bits per heavy atom. The van der Waals surface area contributed by atoms with Crippen molar-refractivity contribution in [3.05, 3.63) is 102 Å². The second-order valence-corrected chi connectivity index (χ2v) is 7.65. The molecule has 0 atom stereocenters. The summed E-state index contributed by atoms with van der Waals surface area (Å²) in [7, 11) is 1.69. The molecule has 0 radical (unpaired) electrons. The quantitative estimate of drug-likeness (QED) is 0.121. The molecule has 0 heterocycles. The molecule has 3 rings (SSSR count). The molecule has 3 aromatic carbocycles. The summed E-state index contributed by atoms with van der Waals surface area (Å²) in [6.07, 6.45) is 2.36. The van der Waals surface area contributed by atoms with Crippen LogP contribution in [-0.2, 0) is 9.53 Å². The van der Waals surface area contributed by atoms with Gasteiger partial charge in [-0.15, -0.1) is 0 Å². The maximum atomic E-state index is 12.1. The highest BCUT2D eigenvalue weighted by Crippen LogP contribution is 2.18. The smallest absolute Gasteiger partial charge is 0.343 e. The Kier molecular flexibility index (Phi) is 11.4. The van der Waals surface area contributed by atoms with Gasteiger partial charge in [0, 0.05) is 18.1 Å². The first-order chi connectivity index (χ1) is 17.4. The number of esters is 2. The molecule has 0 N–H and O–H groups in total. The third-order valence-corrected chi connectivity index (χ3v) is 4.84. The molecular formula is C29H30O7. The van der Waals surface area contributed by atoms with Gasteiger partial charge in [0.2, 0.25) is 0 Å². The van der Waals surface area contributed by atoms with Gasteiger partial charge in [-0.2, -0.15) is 0 Å². The average molecular weight is 491 g/mol. The molecule has 0 aromatic heterocycles. The molecule has 3 aromatic rings. The van der Waals surface area contributed by atoms with E-state index in [1.807, 2.05) is 19.1 Å². The van der Waals surface area contributed by atoms with Crippen molar-refractivity contribution in [2.75, 3.05) is 20.3 Å². The van der Waals surface area contributed by atoms with Crippen molar-refractivity contribution in [1.82, 2.24) is 0 Å². The Bertz CT molecular complexity index is 1150. The van der Waals surface area contributed by atoms with Crippen molar-refractivity contribution < 1.29 is 33.3 Å². The molecule has 0 bridgehead atoms. The number of aryl methyl sites for hydroxylation is 2. The lowest BCUT2D eigenvalue weighted by Gasteiger charge is -2.08. The maximum Gasteiger partial charge on any atom is 0.343 e. The van der Waals surface area contributed by atoms with Gasteiger partial charge in [-0.05, 0) is 74.0 Å². The third-order valence-electron chi connectivity index (χ3n) is 4.84. The average Bonchev–Trinajstić information content (AvgIpc) is 2.89. The van der Waals surface area contributed by atoms with Crippen LogP contribution < -0.4 is 14.2 Å². The lowest BCUT2D eigenvalue weighted by molar-refractivity contribution is -0.137. The first kappa shape index (κ1) is 27.9. The lowest BCUT2D eigenvalue weighted by Crippen LogP contribution is -2.09. The largest absolute Gasteiger partial charge is 0.496 e. The van der Waals surface area contributed by atoms with Crippen LogP contribution in [0.4, 0.5) is 0 Å². The Hall–Kier alpha value is -4.39. The van der Waals surface area contributed by atoms with Crippen molar-refractivity contribution in [1.29, 1.82) is 0 Å². The molecule has 36 heavy (non-hydrogen) atoms. The highest BCUT2D eigenvalue weighted by atomic mass is 16.5. The second kappa shape index (κ2) is 14.8. The Morgan fingerprint density at radius 2 is 1.56 bits per heavy atom. The number of hydrogen-bond acceptors (Lipinski definition) is 7. The van der Waals surface area contributed by atoms with E-state index >= 15 is 0 Å². The van der Waals surface area contributed by atoms with Crippen LogP contribution in [-0.4, -0.2) is 38.5 Å². The van der Waals surface area contributed by atoms with Crippen LogP contribution in [0.5, 0.6) is 17.2 Å². The van der Waals surface area contributed by atoms with Crippen molar-refractivity contribution in [2.24, 2.45) is 0 Å². The summed E-state index contributed by atoms with van der Waals surface area (Å²) in [5.74, 6) is 0.938. The molecule has 0 aliphatic heterocycles. The fourth-order valence-corrected chi connectivity index (χ4v) is 2.98. The Morgan fingerprint density at radius 1 is 0.889 bits per heavy atom. The van der Waals surface area contributed by atoms with E-state index in [0.717, 1.165) is 11.8 Å². The van der Waals surface area contributed by atoms with Crippen LogP contribution in [0.15, 0.2) is 79.4 Å². The zero-order chi connectivity index (χ0) is 26.3. The Balaban J connectivity index is 0.000000380. The number of benzene rings is 3. The number of rotatable bonds is 10. The van der Waals surface area contributed by atoms with E-state index < -0.39 is 11.9 Å². The number of aldehydes is 1. The molecule has 7 heteroatoms. The van der Waals surface area contributed by atoms with Crippen LogP contribution in [0.3, 0.4) is 0 Å². The summed E-state index contributed by atoms with van der Waals surface area (Å²) in [5, 5.41) is 0. The first-order valence-electron chi connectivity index (χ1n) is 11.3. The molecule has 0 saturated carbocycles. The molecule has 0 aliphatic carbocycles. The van der Waals surface area contributed by atoms with E-state index in [9.17, 15) is 14.4 Å². The zero-order valence-electron chi connectivity index (χ0n) is 20.7. The van der Waals surface area contributed by atoms with Gasteiger partial charge in [-0.1, -0.05) is 24.3 Å². The second-order valence-electron chi connectivity index (χ2n) is 7.65. The Labute approximate surface area is 211 Å². The molecule has 0 amide bonds. The molecule has 0 saturated heterocycles. The fourth-order valence-electron chi connectivity index (χ4n) is 2.98. The van der Waals surface area contributed by atoms with Gasteiger partial charge >= 0.3 is 11.9 Å². The van der Waals surface area contributed by atoms with E-state index in [1.165, 1.54) is 11.1 Å². The van der Waals surface area contributed by atoms with Crippen LogP contribution in [0.2, 0.25) is 0 Å². The summed E-state index contributed by atoms with van der Waals surface area (Å²) in [6.45, 7) is 8.05. The molecule has 0 aliphatic rings. The predicted molar refractivity (Wildman–Crippen MR) is 137 cm³/mol. The van der Waals surface area contributed by atoms with Gasteiger partial charge in [0.25, 0.3) is 0 Å². The van der Waals surface area contributed by atoms with Crippen LogP contribution in [0, 0.1) is 13.8 Å². The van der Waals surface area contributed by atoms with E-state index in [1.54, 1.807) is 55.6 Å². The molecule has 7 nitrogen and oxygen atoms in total. The minimum atomic E-state index is -0.508. The highest BCUT2D eigenvalue weighted by molar-refractivity contribution is 5.91. The van der Waals surface area contributed by atoms with Crippen molar-refractivity contribution in [2.45, 2.75) is 20.3 Å². The summed E-state index contributed by atoms with van der Waals surface area (Å²) in [4.78, 5) is 33.6. The van der Waals surface area contributed by atoms with Crippen molar-refractivity contribution in [3.8, 4) is 17.2 Å². The van der Waals surface area contributed by atoms with Gasteiger partial charge in [0.15, 0.2) is 0 Å². The number of methoxy groups -OCH3 is 1. The van der Waals surface area contributed by atoms with Crippen LogP contribution in [0.1, 0.15) is 38.3 Å². The molecule has 0 fully saturated rings.